The minimum atomic E-state index is 0.290. The highest BCUT2D eigenvalue weighted by molar-refractivity contribution is 5.50. The fourth-order valence-corrected chi connectivity index (χ4v) is 2.54. The summed E-state index contributed by atoms with van der Waals surface area (Å²) in [5, 5.41) is 4.03. The molecule has 1 saturated heterocycles. The highest BCUT2D eigenvalue weighted by Crippen LogP contribution is 2.22. The molecule has 0 amide bonds. The fourth-order valence-electron chi connectivity index (χ4n) is 2.54. The maximum absolute atomic E-state index is 5.37. The van der Waals surface area contributed by atoms with Crippen molar-refractivity contribution in [1.82, 2.24) is 10.1 Å². The predicted octanol–water partition coefficient (Wildman–Crippen LogP) is 2.53. The third-order valence-corrected chi connectivity index (χ3v) is 3.94. The quantitative estimate of drug-likeness (QED) is 0.865. The number of nitrogens with zero attached hydrogens (tertiary/aromatic N) is 4. The summed E-state index contributed by atoms with van der Waals surface area (Å²) in [6, 6.07) is 8.82. The molecule has 1 aliphatic heterocycles. The molecule has 0 saturated carbocycles. The zero-order chi connectivity index (χ0) is 15.5. The van der Waals surface area contributed by atoms with E-state index in [1.54, 1.807) is 7.11 Å². The Morgan fingerprint density at radius 1 is 1.05 bits per heavy atom. The van der Waals surface area contributed by atoms with Crippen molar-refractivity contribution in [2.75, 3.05) is 43.1 Å². The molecule has 0 N–H and O–H groups in total. The van der Waals surface area contributed by atoms with E-state index in [1.807, 2.05) is 12.1 Å². The van der Waals surface area contributed by atoms with Gasteiger partial charge in [-0.3, -0.25) is 0 Å². The van der Waals surface area contributed by atoms with Gasteiger partial charge in [0.15, 0.2) is 5.82 Å². The van der Waals surface area contributed by atoms with Gasteiger partial charge in [-0.05, 0) is 24.3 Å². The second-order valence-corrected chi connectivity index (χ2v) is 5.76. The van der Waals surface area contributed by atoms with Gasteiger partial charge in [0.2, 0.25) is 0 Å². The average molecular weight is 302 g/mol. The van der Waals surface area contributed by atoms with Crippen molar-refractivity contribution >= 4 is 11.7 Å². The molecule has 6 nitrogen and oxygen atoms in total. The van der Waals surface area contributed by atoms with E-state index in [9.17, 15) is 0 Å². The summed E-state index contributed by atoms with van der Waals surface area (Å²) in [5.41, 5.74) is 1.22. The minimum Gasteiger partial charge on any atom is -0.497 e. The Balaban J connectivity index is 1.61. The Bertz CT molecular complexity index is 601. The van der Waals surface area contributed by atoms with Crippen LogP contribution in [-0.2, 0) is 0 Å². The normalized spacial score (nSPS) is 15.5. The summed E-state index contributed by atoms with van der Waals surface area (Å²) < 4.78 is 10.6. The molecular weight excluding hydrogens is 280 g/mol. The van der Waals surface area contributed by atoms with E-state index in [4.69, 9.17) is 9.26 Å². The van der Waals surface area contributed by atoms with Gasteiger partial charge < -0.3 is 19.1 Å². The first-order chi connectivity index (χ1) is 10.7. The van der Waals surface area contributed by atoms with Gasteiger partial charge in [-0.1, -0.05) is 19.0 Å². The van der Waals surface area contributed by atoms with Crippen LogP contribution in [0.1, 0.15) is 25.6 Å². The largest absolute Gasteiger partial charge is 0.497 e. The van der Waals surface area contributed by atoms with Gasteiger partial charge in [0.05, 0.1) is 7.11 Å². The number of rotatable bonds is 4. The van der Waals surface area contributed by atoms with Crippen molar-refractivity contribution in [2.24, 2.45) is 0 Å². The first kappa shape index (κ1) is 14.7. The van der Waals surface area contributed by atoms with E-state index >= 15 is 0 Å². The third-order valence-electron chi connectivity index (χ3n) is 3.94. The summed E-state index contributed by atoms with van der Waals surface area (Å²) in [6.45, 7) is 7.77. The van der Waals surface area contributed by atoms with Crippen LogP contribution in [0.4, 0.5) is 11.7 Å². The average Bonchev–Trinajstić information content (AvgIpc) is 3.05. The molecule has 0 bridgehead atoms. The second kappa shape index (κ2) is 6.25. The number of ether oxygens (including phenoxy) is 1. The maximum Gasteiger partial charge on any atom is 0.324 e. The lowest BCUT2D eigenvalue weighted by Crippen LogP contribution is -2.46. The van der Waals surface area contributed by atoms with Crippen LogP contribution in [0.15, 0.2) is 28.8 Å². The van der Waals surface area contributed by atoms with Crippen LogP contribution in [0.2, 0.25) is 0 Å². The van der Waals surface area contributed by atoms with E-state index < -0.39 is 0 Å². The molecule has 2 aromatic rings. The van der Waals surface area contributed by atoms with Crippen molar-refractivity contribution in [3.8, 4) is 5.75 Å². The Morgan fingerprint density at radius 3 is 2.23 bits per heavy atom. The SMILES string of the molecule is COc1ccc(N2CCN(c3nc(C(C)C)no3)CC2)cc1. The van der Waals surface area contributed by atoms with Gasteiger partial charge in [-0.2, -0.15) is 4.98 Å². The van der Waals surface area contributed by atoms with Crippen molar-refractivity contribution < 1.29 is 9.26 Å². The molecule has 1 aromatic carbocycles. The molecule has 0 unspecified atom stereocenters. The highest BCUT2D eigenvalue weighted by atomic mass is 16.5. The molecular formula is C16H22N4O2. The molecule has 118 valence electrons. The van der Waals surface area contributed by atoms with Gasteiger partial charge in [0.25, 0.3) is 0 Å². The van der Waals surface area contributed by atoms with E-state index in [0.717, 1.165) is 37.8 Å². The summed E-state index contributed by atoms with van der Waals surface area (Å²) >= 11 is 0. The van der Waals surface area contributed by atoms with Crippen molar-refractivity contribution in [3.63, 3.8) is 0 Å². The van der Waals surface area contributed by atoms with E-state index in [1.165, 1.54) is 5.69 Å². The van der Waals surface area contributed by atoms with Crippen molar-refractivity contribution in [1.29, 1.82) is 0 Å². The lowest BCUT2D eigenvalue weighted by molar-refractivity contribution is 0.400. The minimum absolute atomic E-state index is 0.290. The molecule has 2 heterocycles. The standard InChI is InChI=1S/C16H22N4O2/c1-12(2)15-17-16(22-18-15)20-10-8-19(9-11-20)13-4-6-14(21-3)7-5-13/h4-7,12H,8-11H2,1-3H3. The van der Waals surface area contributed by atoms with Gasteiger partial charge in [0.1, 0.15) is 5.75 Å². The molecule has 0 radical (unpaired) electrons. The smallest absolute Gasteiger partial charge is 0.324 e. The predicted molar refractivity (Wildman–Crippen MR) is 85.8 cm³/mol. The molecule has 0 aliphatic carbocycles. The second-order valence-electron chi connectivity index (χ2n) is 5.76. The van der Waals surface area contributed by atoms with Gasteiger partial charge in [0, 0.05) is 37.8 Å². The fraction of sp³-hybridized carbons (Fsp3) is 0.500. The lowest BCUT2D eigenvalue weighted by atomic mass is 10.2. The summed E-state index contributed by atoms with van der Waals surface area (Å²) in [7, 11) is 1.68. The molecule has 0 spiro atoms. The van der Waals surface area contributed by atoms with Crippen molar-refractivity contribution in [3.05, 3.63) is 30.1 Å². The van der Waals surface area contributed by atoms with E-state index in [0.29, 0.717) is 6.01 Å². The van der Waals surface area contributed by atoms with Gasteiger partial charge in [-0.15, -0.1) is 0 Å². The number of anilines is 2. The van der Waals surface area contributed by atoms with Gasteiger partial charge >= 0.3 is 6.01 Å². The van der Waals surface area contributed by atoms with Crippen molar-refractivity contribution in [2.45, 2.75) is 19.8 Å². The number of methoxy groups -OCH3 is 1. The summed E-state index contributed by atoms with van der Waals surface area (Å²) in [6.07, 6.45) is 0. The Morgan fingerprint density at radius 2 is 1.68 bits per heavy atom. The van der Waals surface area contributed by atoms with Crippen LogP contribution in [0.25, 0.3) is 0 Å². The molecule has 1 aliphatic rings. The maximum atomic E-state index is 5.37. The molecule has 22 heavy (non-hydrogen) atoms. The first-order valence-corrected chi connectivity index (χ1v) is 7.65. The first-order valence-electron chi connectivity index (χ1n) is 7.65. The van der Waals surface area contributed by atoms with Crippen LogP contribution < -0.4 is 14.5 Å². The highest BCUT2D eigenvalue weighted by Gasteiger charge is 2.22. The number of benzene rings is 1. The lowest BCUT2D eigenvalue weighted by Gasteiger charge is -2.35. The molecule has 1 fully saturated rings. The summed E-state index contributed by atoms with van der Waals surface area (Å²) in [4.78, 5) is 8.98. The van der Waals surface area contributed by atoms with Gasteiger partial charge in [-0.25, -0.2) is 0 Å². The van der Waals surface area contributed by atoms with Crippen LogP contribution in [0, 0.1) is 0 Å². The number of piperazine rings is 1. The molecule has 6 heteroatoms. The number of hydrogen-bond acceptors (Lipinski definition) is 6. The van der Waals surface area contributed by atoms with Crippen LogP contribution in [-0.4, -0.2) is 43.4 Å². The Labute approximate surface area is 130 Å². The molecule has 3 rings (SSSR count). The van der Waals surface area contributed by atoms with Crippen LogP contribution >= 0.6 is 0 Å². The Hall–Kier alpha value is -2.24. The van der Waals surface area contributed by atoms with E-state index in [2.05, 4.69) is 45.9 Å². The molecule has 1 aromatic heterocycles. The summed E-state index contributed by atoms with van der Waals surface area (Å²) in [5.74, 6) is 1.94. The Kier molecular flexibility index (Phi) is 4.18. The third kappa shape index (κ3) is 3.00. The van der Waals surface area contributed by atoms with E-state index in [-0.39, 0.29) is 5.92 Å². The number of hydrogen-bond donors (Lipinski definition) is 0. The number of aromatic nitrogens is 2. The molecule has 0 atom stereocenters. The zero-order valence-corrected chi connectivity index (χ0v) is 13.3. The monoisotopic (exact) mass is 302 g/mol. The van der Waals surface area contributed by atoms with Crippen LogP contribution in [0.3, 0.4) is 0 Å². The topological polar surface area (TPSA) is 54.6 Å². The zero-order valence-electron chi connectivity index (χ0n) is 13.3. The van der Waals surface area contributed by atoms with Crippen LogP contribution in [0.5, 0.6) is 5.75 Å².